The molecule has 4 nitrogen and oxygen atoms in total. The number of hydrogen-bond acceptors (Lipinski definition) is 3. The van der Waals surface area contributed by atoms with Crippen LogP contribution in [0.2, 0.25) is 0 Å². The summed E-state index contributed by atoms with van der Waals surface area (Å²) in [7, 11) is 0. The maximum Gasteiger partial charge on any atom is 0.234 e. The van der Waals surface area contributed by atoms with Crippen LogP contribution in [0.5, 0.6) is 0 Å². The SMILES string of the molecule is CCCNC(=O)CN1CCCC1CN. The number of rotatable bonds is 5. The molecule has 82 valence electrons. The molecule has 1 saturated heterocycles. The molecular weight excluding hydrogens is 178 g/mol. The third kappa shape index (κ3) is 3.27. The van der Waals surface area contributed by atoms with E-state index >= 15 is 0 Å². The molecule has 0 spiro atoms. The highest BCUT2D eigenvalue weighted by atomic mass is 16.2. The number of nitrogens with one attached hydrogen (secondary N) is 1. The topological polar surface area (TPSA) is 58.4 Å². The van der Waals surface area contributed by atoms with E-state index in [1.807, 2.05) is 0 Å². The lowest BCUT2D eigenvalue weighted by molar-refractivity contribution is -0.122. The average molecular weight is 199 g/mol. The summed E-state index contributed by atoms with van der Waals surface area (Å²) >= 11 is 0. The molecule has 3 N–H and O–H groups in total. The second-order valence-corrected chi connectivity index (χ2v) is 3.85. The second-order valence-electron chi connectivity index (χ2n) is 3.85. The molecule has 1 amide bonds. The molecule has 0 bridgehead atoms. The predicted molar refractivity (Wildman–Crippen MR) is 57.0 cm³/mol. The van der Waals surface area contributed by atoms with Crippen molar-refractivity contribution in [2.24, 2.45) is 5.73 Å². The van der Waals surface area contributed by atoms with Crippen LogP contribution in [0.15, 0.2) is 0 Å². The smallest absolute Gasteiger partial charge is 0.234 e. The van der Waals surface area contributed by atoms with E-state index in [0.29, 0.717) is 19.1 Å². The van der Waals surface area contributed by atoms with Gasteiger partial charge in [0, 0.05) is 19.1 Å². The van der Waals surface area contributed by atoms with Crippen molar-refractivity contribution in [3.63, 3.8) is 0 Å². The summed E-state index contributed by atoms with van der Waals surface area (Å²) in [5, 5.41) is 2.88. The van der Waals surface area contributed by atoms with E-state index in [1.165, 1.54) is 6.42 Å². The maximum absolute atomic E-state index is 11.4. The van der Waals surface area contributed by atoms with Crippen molar-refractivity contribution in [1.29, 1.82) is 0 Å². The molecule has 1 unspecified atom stereocenters. The first kappa shape index (κ1) is 11.5. The van der Waals surface area contributed by atoms with Gasteiger partial charge in [0.05, 0.1) is 6.54 Å². The van der Waals surface area contributed by atoms with Gasteiger partial charge in [-0.25, -0.2) is 0 Å². The standard InChI is InChI=1S/C10H21N3O/c1-2-5-12-10(14)8-13-6-3-4-9(13)7-11/h9H,2-8,11H2,1H3,(H,12,14). The molecule has 0 aromatic heterocycles. The predicted octanol–water partition coefficient (Wildman–Crippen LogP) is -0.0643. The Morgan fingerprint density at radius 1 is 1.64 bits per heavy atom. The highest BCUT2D eigenvalue weighted by molar-refractivity contribution is 5.78. The normalized spacial score (nSPS) is 22.6. The molecule has 0 saturated carbocycles. The minimum atomic E-state index is 0.132. The largest absolute Gasteiger partial charge is 0.355 e. The van der Waals surface area contributed by atoms with E-state index in [1.54, 1.807) is 0 Å². The fourth-order valence-corrected chi connectivity index (χ4v) is 1.88. The van der Waals surface area contributed by atoms with Crippen LogP contribution in [-0.2, 0) is 4.79 Å². The van der Waals surface area contributed by atoms with Gasteiger partial charge in [-0.15, -0.1) is 0 Å². The summed E-state index contributed by atoms with van der Waals surface area (Å²) in [5.41, 5.74) is 5.63. The van der Waals surface area contributed by atoms with Crippen LogP contribution in [0.25, 0.3) is 0 Å². The fourth-order valence-electron chi connectivity index (χ4n) is 1.88. The van der Waals surface area contributed by atoms with E-state index in [9.17, 15) is 4.79 Å². The Labute approximate surface area is 85.8 Å². The second kappa shape index (κ2) is 5.98. The van der Waals surface area contributed by atoms with E-state index < -0.39 is 0 Å². The van der Waals surface area contributed by atoms with E-state index in [4.69, 9.17) is 5.73 Å². The van der Waals surface area contributed by atoms with Gasteiger partial charge < -0.3 is 11.1 Å². The highest BCUT2D eigenvalue weighted by Gasteiger charge is 2.24. The fraction of sp³-hybridized carbons (Fsp3) is 0.900. The Hall–Kier alpha value is -0.610. The molecule has 0 radical (unpaired) electrons. The Bertz CT molecular complexity index is 184. The van der Waals surface area contributed by atoms with Gasteiger partial charge in [0.2, 0.25) is 5.91 Å². The van der Waals surface area contributed by atoms with Crippen LogP contribution < -0.4 is 11.1 Å². The Balaban J connectivity index is 2.25. The first-order valence-electron chi connectivity index (χ1n) is 5.48. The molecule has 1 fully saturated rings. The molecule has 1 atom stereocenters. The summed E-state index contributed by atoms with van der Waals surface area (Å²) in [6.07, 6.45) is 3.30. The summed E-state index contributed by atoms with van der Waals surface area (Å²) in [6.45, 7) is 5.03. The first-order chi connectivity index (χ1) is 6.77. The summed E-state index contributed by atoms with van der Waals surface area (Å²) in [5.74, 6) is 0.132. The summed E-state index contributed by atoms with van der Waals surface area (Å²) in [4.78, 5) is 13.6. The van der Waals surface area contributed by atoms with Crippen LogP contribution in [0.3, 0.4) is 0 Å². The Kier molecular flexibility index (Phi) is 4.90. The molecule has 4 heteroatoms. The molecule has 0 aromatic carbocycles. The molecule has 0 aliphatic carbocycles. The molecule has 1 aliphatic rings. The minimum Gasteiger partial charge on any atom is -0.355 e. The lowest BCUT2D eigenvalue weighted by atomic mass is 10.2. The van der Waals surface area contributed by atoms with Crippen LogP contribution >= 0.6 is 0 Å². The zero-order chi connectivity index (χ0) is 10.4. The summed E-state index contributed by atoms with van der Waals surface area (Å²) in [6, 6.07) is 0.419. The number of nitrogens with zero attached hydrogens (tertiary/aromatic N) is 1. The highest BCUT2D eigenvalue weighted by Crippen LogP contribution is 2.14. The number of likely N-dealkylation sites (tertiary alicyclic amines) is 1. The molecule has 1 rings (SSSR count). The zero-order valence-corrected chi connectivity index (χ0v) is 8.96. The zero-order valence-electron chi connectivity index (χ0n) is 8.96. The van der Waals surface area contributed by atoms with Crippen molar-refractivity contribution in [3.05, 3.63) is 0 Å². The molecule has 14 heavy (non-hydrogen) atoms. The van der Waals surface area contributed by atoms with Crippen LogP contribution in [0.1, 0.15) is 26.2 Å². The van der Waals surface area contributed by atoms with E-state index in [2.05, 4.69) is 17.1 Å². The number of hydrogen-bond donors (Lipinski definition) is 2. The van der Waals surface area contributed by atoms with Crippen LogP contribution in [0, 0.1) is 0 Å². The number of carbonyl (C=O) groups is 1. The monoisotopic (exact) mass is 199 g/mol. The van der Waals surface area contributed by atoms with Gasteiger partial charge in [0.25, 0.3) is 0 Å². The average Bonchev–Trinajstić information content (AvgIpc) is 2.62. The van der Waals surface area contributed by atoms with E-state index in [0.717, 1.165) is 25.9 Å². The van der Waals surface area contributed by atoms with Crippen molar-refractivity contribution >= 4 is 5.91 Å². The quantitative estimate of drug-likeness (QED) is 0.652. The van der Waals surface area contributed by atoms with Crippen molar-refractivity contribution in [2.45, 2.75) is 32.2 Å². The first-order valence-corrected chi connectivity index (χ1v) is 5.48. The van der Waals surface area contributed by atoms with Gasteiger partial charge in [-0.05, 0) is 25.8 Å². The lowest BCUT2D eigenvalue weighted by Gasteiger charge is -2.22. The summed E-state index contributed by atoms with van der Waals surface area (Å²) < 4.78 is 0. The van der Waals surface area contributed by atoms with Crippen molar-refractivity contribution in [2.75, 3.05) is 26.2 Å². The molecule has 1 aliphatic heterocycles. The van der Waals surface area contributed by atoms with Gasteiger partial charge in [-0.2, -0.15) is 0 Å². The van der Waals surface area contributed by atoms with Gasteiger partial charge in [-0.3, -0.25) is 9.69 Å². The van der Waals surface area contributed by atoms with Gasteiger partial charge >= 0.3 is 0 Å². The van der Waals surface area contributed by atoms with Crippen molar-refractivity contribution in [3.8, 4) is 0 Å². The maximum atomic E-state index is 11.4. The van der Waals surface area contributed by atoms with Gasteiger partial charge in [0.1, 0.15) is 0 Å². The van der Waals surface area contributed by atoms with Gasteiger partial charge in [0.15, 0.2) is 0 Å². The van der Waals surface area contributed by atoms with Gasteiger partial charge in [-0.1, -0.05) is 6.92 Å². The van der Waals surface area contributed by atoms with Crippen LogP contribution in [-0.4, -0.2) is 43.0 Å². The number of amides is 1. The Morgan fingerprint density at radius 3 is 3.07 bits per heavy atom. The van der Waals surface area contributed by atoms with E-state index in [-0.39, 0.29) is 5.91 Å². The molecule has 0 aromatic rings. The lowest BCUT2D eigenvalue weighted by Crippen LogP contribution is -2.42. The third-order valence-electron chi connectivity index (χ3n) is 2.69. The third-order valence-corrected chi connectivity index (χ3v) is 2.69. The number of nitrogens with two attached hydrogens (primary N) is 1. The molecule has 1 heterocycles. The minimum absolute atomic E-state index is 0.132. The number of carbonyl (C=O) groups excluding carboxylic acids is 1. The van der Waals surface area contributed by atoms with Crippen molar-refractivity contribution in [1.82, 2.24) is 10.2 Å². The van der Waals surface area contributed by atoms with Crippen LogP contribution in [0.4, 0.5) is 0 Å². The van der Waals surface area contributed by atoms with Crippen molar-refractivity contribution < 1.29 is 4.79 Å². The Morgan fingerprint density at radius 2 is 2.43 bits per heavy atom. The molecular formula is C10H21N3O.